The maximum absolute atomic E-state index is 9.72. The van der Waals surface area contributed by atoms with Gasteiger partial charge in [0.2, 0.25) is 0 Å². The highest BCUT2D eigenvalue weighted by atomic mass is 16.5. The van der Waals surface area contributed by atoms with Crippen molar-refractivity contribution in [1.29, 1.82) is 0 Å². The third-order valence-electron chi connectivity index (χ3n) is 3.30. The normalized spacial score (nSPS) is 22.7. The van der Waals surface area contributed by atoms with Crippen LogP contribution < -0.4 is 5.32 Å². The lowest BCUT2D eigenvalue weighted by Gasteiger charge is -2.24. The molecule has 1 aliphatic carbocycles. The van der Waals surface area contributed by atoms with Crippen molar-refractivity contribution in [3.8, 4) is 0 Å². The maximum atomic E-state index is 9.72. The van der Waals surface area contributed by atoms with E-state index in [2.05, 4.69) is 5.32 Å². The Morgan fingerprint density at radius 2 is 2.00 bits per heavy atom. The highest BCUT2D eigenvalue weighted by molar-refractivity contribution is 4.75. The van der Waals surface area contributed by atoms with E-state index in [1.54, 1.807) is 6.92 Å². The third kappa shape index (κ3) is 6.66. The lowest BCUT2D eigenvalue weighted by molar-refractivity contribution is -0.0282. The van der Waals surface area contributed by atoms with E-state index in [-0.39, 0.29) is 13.2 Å². The Bertz CT molecular complexity index is 217. The number of aliphatic hydroxyl groups is 3. The molecule has 5 nitrogen and oxygen atoms in total. The first kappa shape index (κ1) is 15.9. The zero-order valence-electron chi connectivity index (χ0n) is 11.3. The highest BCUT2D eigenvalue weighted by Gasteiger charge is 2.19. The SMILES string of the molecule is CC(O)(CO)CNCC(O)COC1CCCCC1. The van der Waals surface area contributed by atoms with Gasteiger partial charge in [-0.15, -0.1) is 0 Å². The molecule has 1 fully saturated rings. The summed E-state index contributed by atoms with van der Waals surface area (Å²) in [6, 6.07) is 0. The molecule has 0 amide bonds. The van der Waals surface area contributed by atoms with Crippen molar-refractivity contribution in [2.75, 3.05) is 26.3 Å². The van der Waals surface area contributed by atoms with Gasteiger partial charge in [0.15, 0.2) is 0 Å². The third-order valence-corrected chi connectivity index (χ3v) is 3.30. The van der Waals surface area contributed by atoms with E-state index in [9.17, 15) is 10.2 Å². The van der Waals surface area contributed by atoms with Crippen LogP contribution in [-0.4, -0.2) is 59.4 Å². The quantitative estimate of drug-likeness (QED) is 0.495. The van der Waals surface area contributed by atoms with Crippen molar-refractivity contribution in [3.63, 3.8) is 0 Å². The fourth-order valence-corrected chi connectivity index (χ4v) is 2.10. The summed E-state index contributed by atoms with van der Waals surface area (Å²) in [4.78, 5) is 0. The van der Waals surface area contributed by atoms with Gasteiger partial charge in [-0.3, -0.25) is 0 Å². The molecule has 1 saturated carbocycles. The smallest absolute Gasteiger partial charge is 0.0972 e. The second-order valence-electron chi connectivity index (χ2n) is 5.53. The fraction of sp³-hybridized carbons (Fsp3) is 1.00. The molecule has 0 radical (unpaired) electrons. The van der Waals surface area contributed by atoms with Crippen LogP contribution >= 0.6 is 0 Å². The van der Waals surface area contributed by atoms with Crippen LogP contribution in [0.2, 0.25) is 0 Å². The number of ether oxygens (including phenoxy) is 1. The van der Waals surface area contributed by atoms with Gasteiger partial charge in [0.1, 0.15) is 0 Å². The molecular formula is C13H27NO4. The van der Waals surface area contributed by atoms with Gasteiger partial charge in [0.05, 0.1) is 31.0 Å². The molecule has 0 aromatic heterocycles. The summed E-state index contributed by atoms with van der Waals surface area (Å²) < 4.78 is 5.65. The molecule has 0 aromatic rings. The minimum absolute atomic E-state index is 0.254. The molecule has 0 heterocycles. The summed E-state index contributed by atoms with van der Waals surface area (Å²) in [5, 5.41) is 31.0. The second kappa shape index (κ2) is 8.07. The van der Waals surface area contributed by atoms with E-state index < -0.39 is 11.7 Å². The molecule has 1 aliphatic rings. The molecule has 0 bridgehead atoms. The van der Waals surface area contributed by atoms with Gasteiger partial charge in [0, 0.05) is 13.1 Å². The number of hydrogen-bond donors (Lipinski definition) is 4. The highest BCUT2D eigenvalue weighted by Crippen LogP contribution is 2.20. The standard InChI is InChI=1S/C13H27NO4/c1-13(17,10-15)9-14-7-11(16)8-18-12-5-3-2-4-6-12/h11-12,14-17H,2-10H2,1H3. The van der Waals surface area contributed by atoms with Gasteiger partial charge in [-0.05, 0) is 19.8 Å². The first-order chi connectivity index (χ1) is 8.53. The van der Waals surface area contributed by atoms with Crippen molar-refractivity contribution in [2.45, 2.75) is 56.8 Å². The zero-order valence-corrected chi connectivity index (χ0v) is 11.3. The first-order valence-corrected chi connectivity index (χ1v) is 6.87. The van der Waals surface area contributed by atoms with E-state index in [4.69, 9.17) is 9.84 Å². The molecule has 108 valence electrons. The topological polar surface area (TPSA) is 82.0 Å². The van der Waals surface area contributed by atoms with Gasteiger partial charge >= 0.3 is 0 Å². The average Bonchev–Trinajstić information content (AvgIpc) is 2.37. The Labute approximate surface area is 109 Å². The van der Waals surface area contributed by atoms with Crippen LogP contribution in [0.4, 0.5) is 0 Å². The number of rotatable bonds is 8. The molecule has 18 heavy (non-hydrogen) atoms. The summed E-state index contributed by atoms with van der Waals surface area (Å²) in [7, 11) is 0. The minimum atomic E-state index is -1.13. The van der Waals surface area contributed by atoms with Crippen molar-refractivity contribution in [1.82, 2.24) is 5.32 Å². The van der Waals surface area contributed by atoms with Gasteiger partial charge in [-0.2, -0.15) is 0 Å². The minimum Gasteiger partial charge on any atom is -0.393 e. The van der Waals surface area contributed by atoms with E-state index in [0.29, 0.717) is 19.3 Å². The fourth-order valence-electron chi connectivity index (χ4n) is 2.10. The Kier molecular flexibility index (Phi) is 7.11. The van der Waals surface area contributed by atoms with Gasteiger partial charge in [0.25, 0.3) is 0 Å². The molecular weight excluding hydrogens is 234 g/mol. The van der Waals surface area contributed by atoms with E-state index >= 15 is 0 Å². The average molecular weight is 261 g/mol. The molecule has 2 unspecified atom stereocenters. The number of hydrogen-bond acceptors (Lipinski definition) is 5. The Morgan fingerprint density at radius 3 is 2.61 bits per heavy atom. The lowest BCUT2D eigenvalue weighted by atomic mass is 9.98. The van der Waals surface area contributed by atoms with Crippen LogP contribution in [-0.2, 0) is 4.74 Å². The molecule has 0 saturated heterocycles. The van der Waals surface area contributed by atoms with Crippen molar-refractivity contribution >= 4 is 0 Å². The molecule has 2 atom stereocenters. The van der Waals surface area contributed by atoms with Crippen LogP contribution in [0.1, 0.15) is 39.0 Å². The monoisotopic (exact) mass is 261 g/mol. The van der Waals surface area contributed by atoms with Gasteiger partial charge in [-0.25, -0.2) is 0 Å². The Balaban J connectivity index is 2.04. The van der Waals surface area contributed by atoms with E-state index in [0.717, 1.165) is 12.8 Å². The summed E-state index contributed by atoms with van der Waals surface area (Å²) in [5.74, 6) is 0. The largest absolute Gasteiger partial charge is 0.393 e. The summed E-state index contributed by atoms with van der Waals surface area (Å²) >= 11 is 0. The second-order valence-corrected chi connectivity index (χ2v) is 5.53. The Hall–Kier alpha value is -0.200. The van der Waals surface area contributed by atoms with Crippen LogP contribution in [0.25, 0.3) is 0 Å². The molecule has 0 aliphatic heterocycles. The molecule has 0 aromatic carbocycles. The van der Waals surface area contributed by atoms with Crippen LogP contribution in [0.5, 0.6) is 0 Å². The van der Waals surface area contributed by atoms with Crippen LogP contribution in [0.3, 0.4) is 0 Å². The van der Waals surface area contributed by atoms with E-state index in [1.807, 2.05) is 0 Å². The summed E-state index contributed by atoms with van der Waals surface area (Å²) in [6.07, 6.45) is 5.66. The van der Waals surface area contributed by atoms with Crippen LogP contribution in [0, 0.1) is 0 Å². The summed E-state index contributed by atoms with van der Waals surface area (Å²) in [5.41, 5.74) is -1.13. The molecule has 0 spiro atoms. The number of nitrogens with one attached hydrogen (secondary N) is 1. The predicted molar refractivity (Wildman–Crippen MR) is 69.4 cm³/mol. The zero-order chi connectivity index (χ0) is 13.4. The van der Waals surface area contributed by atoms with Gasteiger partial charge in [-0.1, -0.05) is 19.3 Å². The van der Waals surface area contributed by atoms with Crippen molar-refractivity contribution in [3.05, 3.63) is 0 Å². The molecule has 4 N–H and O–H groups in total. The maximum Gasteiger partial charge on any atom is 0.0972 e. The predicted octanol–water partition coefficient (Wildman–Crippen LogP) is 0.0295. The van der Waals surface area contributed by atoms with E-state index in [1.165, 1.54) is 19.3 Å². The van der Waals surface area contributed by atoms with Crippen molar-refractivity contribution in [2.24, 2.45) is 0 Å². The number of aliphatic hydroxyl groups excluding tert-OH is 2. The lowest BCUT2D eigenvalue weighted by Crippen LogP contribution is -2.44. The van der Waals surface area contributed by atoms with Crippen molar-refractivity contribution < 1.29 is 20.1 Å². The first-order valence-electron chi connectivity index (χ1n) is 6.87. The van der Waals surface area contributed by atoms with Crippen LogP contribution in [0.15, 0.2) is 0 Å². The molecule has 5 heteroatoms. The summed E-state index contributed by atoms with van der Waals surface area (Å²) in [6.45, 7) is 2.20. The van der Waals surface area contributed by atoms with Gasteiger partial charge < -0.3 is 25.4 Å². The molecule has 1 rings (SSSR count). The Morgan fingerprint density at radius 1 is 1.33 bits per heavy atom.